The van der Waals surface area contributed by atoms with Crippen LogP contribution in [0, 0.1) is 0 Å². The lowest BCUT2D eigenvalue weighted by Gasteiger charge is -2.34. The van der Waals surface area contributed by atoms with Gasteiger partial charge in [-0.1, -0.05) is 25.1 Å². The van der Waals surface area contributed by atoms with Crippen molar-refractivity contribution in [3.05, 3.63) is 29.8 Å². The molecular formula is C17H31N3. The molecule has 0 saturated carbocycles. The Morgan fingerprint density at radius 2 is 1.80 bits per heavy atom. The second-order valence-electron chi connectivity index (χ2n) is 5.90. The molecule has 0 amide bonds. The van der Waals surface area contributed by atoms with Crippen LogP contribution in [0.25, 0.3) is 0 Å². The summed E-state index contributed by atoms with van der Waals surface area (Å²) in [6.45, 7) is 8.75. The monoisotopic (exact) mass is 277 g/mol. The van der Waals surface area contributed by atoms with Gasteiger partial charge in [0.15, 0.2) is 0 Å². The molecule has 0 saturated heterocycles. The van der Waals surface area contributed by atoms with Gasteiger partial charge in [-0.3, -0.25) is 0 Å². The van der Waals surface area contributed by atoms with E-state index in [1.165, 1.54) is 11.3 Å². The summed E-state index contributed by atoms with van der Waals surface area (Å²) in [6.07, 6.45) is 1.98. The largest absolute Gasteiger partial charge is 0.368 e. The van der Waals surface area contributed by atoms with E-state index in [-0.39, 0.29) is 6.04 Å². The van der Waals surface area contributed by atoms with Crippen molar-refractivity contribution in [1.29, 1.82) is 0 Å². The van der Waals surface area contributed by atoms with Crippen LogP contribution in [0.1, 0.15) is 32.8 Å². The Hall–Kier alpha value is -1.06. The molecule has 2 unspecified atom stereocenters. The lowest BCUT2D eigenvalue weighted by Crippen LogP contribution is -2.40. The summed E-state index contributed by atoms with van der Waals surface area (Å²) in [4.78, 5) is 4.73. The lowest BCUT2D eigenvalue weighted by atomic mass is 10.0. The Balaban J connectivity index is 2.96. The highest BCUT2D eigenvalue weighted by Gasteiger charge is 2.17. The smallest absolute Gasteiger partial charge is 0.0402 e. The highest BCUT2D eigenvalue weighted by molar-refractivity contribution is 5.54. The van der Waals surface area contributed by atoms with Gasteiger partial charge < -0.3 is 15.5 Å². The van der Waals surface area contributed by atoms with Crippen LogP contribution in [0.3, 0.4) is 0 Å². The fraction of sp³-hybridized carbons (Fsp3) is 0.647. The third-order valence-electron chi connectivity index (χ3n) is 3.81. The molecule has 2 N–H and O–H groups in total. The summed E-state index contributed by atoms with van der Waals surface area (Å²) in [5.41, 5.74) is 8.86. The Morgan fingerprint density at radius 1 is 1.15 bits per heavy atom. The second kappa shape index (κ2) is 8.28. The van der Waals surface area contributed by atoms with E-state index < -0.39 is 0 Å². The molecule has 1 rings (SSSR count). The summed E-state index contributed by atoms with van der Waals surface area (Å²) >= 11 is 0. The number of nitrogens with two attached hydrogens (primary N) is 1. The van der Waals surface area contributed by atoms with Gasteiger partial charge in [-0.25, -0.2) is 0 Å². The van der Waals surface area contributed by atoms with Gasteiger partial charge in [0.25, 0.3) is 0 Å². The van der Waals surface area contributed by atoms with E-state index in [1.54, 1.807) is 0 Å². The summed E-state index contributed by atoms with van der Waals surface area (Å²) < 4.78 is 0. The molecule has 0 aliphatic rings. The molecule has 2 atom stereocenters. The zero-order valence-corrected chi connectivity index (χ0v) is 13.8. The molecule has 1 aromatic carbocycles. The van der Waals surface area contributed by atoms with E-state index in [0.717, 1.165) is 25.9 Å². The zero-order chi connectivity index (χ0) is 15.1. The van der Waals surface area contributed by atoms with Crippen molar-refractivity contribution in [2.75, 3.05) is 32.1 Å². The van der Waals surface area contributed by atoms with Crippen LogP contribution in [-0.2, 0) is 6.42 Å². The number of benzene rings is 1. The first-order valence-electron chi connectivity index (χ1n) is 7.74. The maximum Gasteiger partial charge on any atom is 0.0402 e. The molecule has 114 valence electrons. The number of likely N-dealkylation sites (N-methyl/N-ethyl adjacent to an activating group) is 2. The topological polar surface area (TPSA) is 32.5 Å². The van der Waals surface area contributed by atoms with Gasteiger partial charge in [0, 0.05) is 30.9 Å². The summed E-state index contributed by atoms with van der Waals surface area (Å²) in [5.74, 6) is 0. The third-order valence-corrected chi connectivity index (χ3v) is 3.81. The van der Waals surface area contributed by atoms with Gasteiger partial charge in [0.1, 0.15) is 0 Å². The minimum atomic E-state index is 0.249. The van der Waals surface area contributed by atoms with Crippen molar-refractivity contribution < 1.29 is 0 Å². The van der Waals surface area contributed by atoms with Gasteiger partial charge >= 0.3 is 0 Å². The quantitative estimate of drug-likeness (QED) is 0.793. The molecule has 0 bridgehead atoms. The molecule has 0 spiro atoms. The second-order valence-corrected chi connectivity index (χ2v) is 5.90. The van der Waals surface area contributed by atoms with Gasteiger partial charge in [0.2, 0.25) is 0 Å². The van der Waals surface area contributed by atoms with E-state index in [1.807, 2.05) is 0 Å². The summed E-state index contributed by atoms with van der Waals surface area (Å²) in [6, 6.07) is 9.43. The Bertz CT molecular complexity index is 390. The normalized spacial score (nSPS) is 14.3. The first kappa shape index (κ1) is 17.0. The molecule has 0 aromatic heterocycles. The number of rotatable bonds is 8. The van der Waals surface area contributed by atoms with Crippen LogP contribution < -0.4 is 10.6 Å². The van der Waals surface area contributed by atoms with Crippen molar-refractivity contribution in [2.45, 2.75) is 45.7 Å². The molecule has 0 aliphatic heterocycles. The highest BCUT2D eigenvalue weighted by Crippen LogP contribution is 2.24. The fourth-order valence-electron chi connectivity index (χ4n) is 2.74. The molecule has 0 heterocycles. The van der Waals surface area contributed by atoms with Crippen LogP contribution in [0.4, 0.5) is 5.69 Å². The SMILES string of the molecule is CCC(N)Cc1ccccc1N(CC)C(C)CN(C)C. The van der Waals surface area contributed by atoms with Gasteiger partial charge in [0.05, 0.1) is 0 Å². The van der Waals surface area contributed by atoms with Crippen molar-refractivity contribution in [3.63, 3.8) is 0 Å². The summed E-state index contributed by atoms with van der Waals surface area (Å²) in [7, 11) is 4.26. The van der Waals surface area contributed by atoms with Gasteiger partial charge in [-0.2, -0.15) is 0 Å². The van der Waals surface area contributed by atoms with Crippen molar-refractivity contribution in [3.8, 4) is 0 Å². The van der Waals surface area contributed by atoms with Gasteiger partial charge in [-0.05, 0) is 52.4 Å². The predicted octanol–water partition coefficient (Wildman–Crippen LogP) is 2.74. The molecule has 3 heteroatoms. The maximum atomic E-state index is 6.15. The molecule has 0 fully saturated rings. The molecule has 20 heavy (non-hydrogen) atoms. The van der Waals surface area contributed by atoms with Crippen LogP contribution in [0.15, 0.2) is 24.3 Å². The average molecular weight is 277 g/mol. The summed E-state index contributed by atoms with van der Waals surface area (Å²) in [5, 5.41) is 0. The van der Waals surface area contributed by atoms with Crippen LogP contribution in [-0.4, -0.2) is 44.2 Å². The molecular weight excluding hydrogens is 246 g/mol. The highest BCUT2D eigenvalue weighted by atomic mass is 15.2. The standard InChI is InChI=1S/C17H31N3/c1-6-16(18)12-15-10-8-9-11-17(15)20(7-2)14(3)13-19(4)5/h8-11,14,16H,6-7,12-13,18H2,1-5H3. The first-order chi connectivity index (χ1) is 9.49. The van der Waals surface area contributed by atoms with Crippen LogP contribution >= 0.6 is 0 Å². The number of hydrogen-bond acceptors (Lipinski definition) is 3. The number of anilines is 1. The van der Waals surface area contributed by atoms with E-state index in [2.05, 4.69) is 68.9 Å². The van der Waals surface area contributed by atoms with E-state index in [0.29, 0.717) is 6.04 Å². The van der Waals surface area contributed by atoms with E-state index >= 15 is 0 Å². The molecule has 0 radical (unpaired) electrons. The Labute approximate surface area is 124 Å². The molecule has 0 aliphatic carbocycles. The van der Waals surface area contributed by atoms with Gasteiger partial charge in [-0.15, -0.1) is 0 Å². The number of para-hydroxylation sites is 1. The third kappa shape index (κ3) is 4.80. The fourth-order valence-corrected chi connectivity index (χ4v) is 2.74. The Morgan fingerprint density at radius 3 is 2.35 bits per heavy atom. The minimum Gasteiger partial charge on any atom is -0.368 e. The number of nitrogens with zero attached hydrogens (tertiary/aromatic N) is 2. The molecule has 1 aromatic rings. The first-order valence-corrected chi connectivity index (χ1v) is 7.74. The minimum absolute atomic E-state index is 0.249. The van der Waals surface area contributed by atoms with Crippen molar-refractivity contribution in [2.24, 2.45) is 5.73 Å². The van der Waals surface area contributed by atoms with E-state index in [9.17, 15) is 0 Å². The number of hydrogen-bond donors (Lipinski definition) is 1. The van der Waals surface area contributed by atoms with E-state index in [4.69, 9.17) is 5.73 Å². The molecule has 3 nitrogen and oxygen atoms in total. The van der Waals surface area contributed by atoms with Crippen LogP contribution in [0.2, 0.25) is 0 Å². The zero-order valence-electron chi connectivity index (χ0n) is 13.8. The Kier molecular flexibility index (Phi) is 7.03. The van der Waals surface area contributed by atoms with Crippen LogP contribution in [0.5, 0.6) is 0 Å². The lowest BCUT2D eigenvalue weighted by molar-refractivity contribution is 0.372. The predicted molar refractivity (Wildman–Crippen MR) is 89.4 cm³/mol. The maximum absolute atomic E-state index is 6.15. The van der Waals surface area contributed by atoms with Crippen molar-refractivity contribution in [1.82, 2.24) is 4.90 Å². The average Bonchev–Trinajstić information content (AvgIpc) is 2.40. The van der Waals surface area contributed by atoms with Crippen molar-refractivity contribution >= 4 is 5.69 Å².